The molecule has 2 heteroatoms. The van der Waals surface area contributed by atoms with E-state index in [4.69, 9.17) is 9.47 Å². The van der Waals surface area contributed by atoms with Crippen molar-refractivity contribution in [1.82, 2.24) is 0 Å². The Bertz CT molecular complexity index is 1270. The molecule has 2 nitrogen and oxygen atoms in total. The smallest absolute Gasteiger partial charge is 0.119 e. The van der Waals surface area contributed by atoms with E-state index in [1.54, 1.807) is 0 Å². The topological polar surface area (TPSA) is 18.5 Å². The predicted molar refractivity (Wildman–Crippen MR) is 147 cm³/mol. The highest BCUT2D eigenvalue weighted by molar-refractivity contribution is 5.85. The van der Waals surface area contributed by atoms with Crippen LogP contribution < -0.4 is 9.47 Å². The number of rotatable bonds is 10. The molecule has 0 unspecified atom stereocenters. The molecule has 0 saturated carbocycles. The summed E-state index contributed by atoms with van der Waals surface area (Å²) in [4.78, 5) is 0. The summed E-state index contributed by atoms with van der Waals surface area (Å²) in [6.45, 7) is 5.93. The van der Waals surface area contributed by atoms with E-state index in [0.717, 1.165) is 55.1 Å². The van der Waals surface area contributed by atoms with Crippen LogP contribution in [0, 0.1) is 11.8 Å². The normalized spacial score (nSPS) is 10.6. The van der Waals surface area contributed by atoms with Crippen molar-refractivity contribution < 1.29 is 9.47 Å². The number of hydrogen-bond donors (Lipinski definition) is 0. The molecule has 0 bridgehead atoms. The van der Waals surface area contributed by atoms with Gasteiger partial charge in [0, 0.05) is 11.1 Å². The first-order chi connectivity index (χ1) is 17.2. The van der Waals surface area contributed by atoms with Gasteiger partial charge >= 0.3 is 0 Å². The molecular weight excluding hydrogens is 428 g/mol. The van der Waals surface area contributed by atoms with Crippen LogP contribution in [-0.4, -0.2) is 13.2 Å². The molecule has 0 N–H and O–H groups in total. The quantitative estimate of drug-likeness (QED) is 0.173. The third-order valence-corrected chi connectivity index (χ3v) is 6.02. The fraction of sp³-hybridized carbons (Fsp3) is 0.273. The molecule has 0 aliphatic rings. The standard InChI is InChI=1S/C33H34O2/c1-3-5-7-23-35-33-21-18-30-24-27(12-15-31(30)25-33)9-8-26-10-13-28(14-11-26)29-16-19-32(20-17-29)34-22-6-4-2/h10-21,24-25H,3-7,22-23H2,1-2H3. The Hall–Kier alpha value is -3.70. The molecule has 0 amide bonds. The third-order valence-electron chi connectivity index (χ3n) is 6.02. The molecule has 0 saturated heterocycles. The number of ether oxygens (including phenoxy) is 2. The lowest BCUT2D eigenvalue weighted by molar-refractivity contribution is 0.306. The molecule has 35 heavy (non-hydrogen) atoms. The molecule has 0 heterocycles. The van der Waals surface area contributed by atoms with Gasteiger partial charge < -0.3 is 9.47 Å². The van der Waals surface area contributed by atoms with Gasteiger partial charge in [-0.2, -0.15) is 0 Å². The molecule has 0 spiro atoms. The summed E-state index contributed by atoms with van der Waals surface area (Å²) in [6.07, 6.45) is 5.74. The van der Waals surface area contributed by atoms with E-state index in [2.05, 4.69) is 92.4 Å². The van der Waals surface area contributed by atoms with Gasteiger partial charge in [0.1, 0.15) is 11.5 Å². The van der Waals surface area contributed by atoms with Crippen molar-refractivity contribution in [1.29, 1.82) is 0 Å². The summed E-state index contributed by atoms with van der Waals surface area (Å²) in [6, 6.07) is 29.3. The zero-order valence-corrected chi connectivity index (χ0v) is 20.8. The van der Waals surface area contributed by atoms with E-state index < -0.39 is 0 Å². The average Bonchev–Trinajstić information content (AvgIpc) is 2.91. The number of benzene rings is 4. The summed E-state index contributed by atoms with van der Waals surface area (Å²) in [5, 5.41) is 2.35. The molecule has 0 aliphatic heterocycles. The lowest BCUT2D eigenvalue weighted by Gasteiger charge is -2.07. The fourth-order valence-electron chi connectivity index (χ4n) is 3.90. The molecule has 4 aromatic rings. The highest BCUT2D eigenvalue weighted by atomic mass is 16.5. The summed E-state index contributed by atoms with van der Waals surface area (Å²) >= 11 is 0. The predicted octanol–water partition coefficient (Wildman–Crippen LogP) is 8.65. The van der Waals surface area contributed by atoms with Crippen LogP contribution in [0.1, 0.15) is 57.1 Å². The third kappa shape index (κ3) is 7.14. The fourth-order valence-corrected chi connectivity index (χ4v) is 3.90. The highest BCUT2D eigenvalue weighted by Gasteiger charge is 2.01. The second-order valence-corrected chi connectivity index (χ2v) is 8.83. The van der Waals surface area contributed by atoms with E-state index >= 15 is 0 Å². The van der Waals surface area contributed by atoms with Gasteiger partial charge in [0.25, 0.3) is 0 Å². The largest absolute Gasteiger partial charge is 0.494 e. The zero-order valence-electron chi connectivity index (χ0n) is 20.8. The molecule has 0 fully saturated rings. The van der Waals surface area contributed by atoms with Crippen LogP contribution in [0.15, 0.2) is 84.9 Å². The van der Waals surface area contributed by atoms with E-state index in [1.807, 2.05) is 18.2 Å². The molecule has 0 atom stereocenters. The minimum Gasteiger partial charge on any atom is -0.494 e. The molecule has 0 radical (unpaired) electrons. The molecule has 0 aromatic heterocycles. The highest BCUT2D eigenvalue weighted by Crippen LogP contribution is 2.24. The van der Waals surface area contributed by atoms with Crippen molar-refractivity contribution in [2.45, 2.75) is 46.0 Å². The molecule has 178 valence electrons. The first kappa shape index (κ1) is 24.4. The molecule has 4 aromatic carbocycles. The number of unbranched alkanes of at least 4 members (excludes halogenated alkanes) is 3. The van der Waals surface area contributed by atoms with Crippen molar-refractivity contribution >= 4 is 10.8 Å². The van der Waals surface area contributed by atoms with E-state index in [-0.39, 0.29) is 0 Å². The Labute approximate surface area is 209 Å². The monoisotopic (exact) mass is 462 g/mol. The second kappa shape index (κ2) is 12.7. The van der Waals surface area contributed by atoms with Crippen LogP contribution in [0.3, 0.4) is 0 Å². The van der Waals surface area contributed by atoms with E-state index in [9.17, 15) is 0 Å². The Balaban J connectivity index is 1.39. The SMILES string of the molecule is CCCCCOc1ccc2cc(C#Cc3ccc(-c4ccc(OCCCC)cc4)cc3)ccc2c1. The van der Waals surface area contributed by atoms with Gasteiger partial charge in [0.15, 0.2) is 0 Å². The lowest BCUT2D eigenvalue weighted by atomic mass is 10.0. The van der Waals surface area contributed by atoms with Crippen molar-refractivity contribution in [3.63, 3.8) is 0 Å². The minimum absolute atomic E-state index is 0.773. The number of fused-ring (bicyclic) bond motifs is 1. The van der Waals surface area contributed by atoms with Gasteiger partial charge in [0.2, 0.25) is 0 Å². The average molecular weight is 463 g/mol. The van der Waals surface area contributed by atoms with Crippen LogP contribution in [0.2, 0.25) is 0 Å². The lowest BCUT2D eigenvalue weighted by Crippen LogP contribution is -1.96. The summed E-state index contributed by atoms with van der Waals surface area (Å²) in [5.41, 5.74) is 4.37. The van der Waals surface area contributed by atoms with Crippen LogP contribution in [0.5, 0.6) is 11.5 Å². The van der Waals surface area contributed by atoms with Gasteiger partial charge in [-0.15, -0.1) is 0 Å². The van der Waals surface area contributed by atoms with E-state index in [1.165, 1.54) is 34.7 Å². The van der Waals surface area contributed by atoms with Crippen LogP contribution in [0.4, 0.5) is 0 Å². The van der Waals surface area contributed by atoms with Gasteiger partial charge in [-0.1, -0.05) is 81.3 Å². The van der Waals surface area contributed by atoms with Crippen LogP contribution in [-0.2, 0) is 0 Å². The van der Waals surface area contributed by atoms with Crippen molar-refractivity contribution in [2.75, 3.05) is 13.2 Å². The Morgan fingerprint density at radius 2 is 1.06 bits per heavy atom. The molecular formula is C33H34O2. The first-order valence-corrected chi connectivity index (χ1v) is 12.8. The van der Waals surface area contributed by atoms with Gasteiger partial charge in [0.05, 0.1) is 13.2 Å². The van der Waals surface area contributed by atoms with Gasteiger partial charge in [-0.05, 0) is 83.3 Å². The zero-order chi connectivity index (χ0) is 24.3. The summed E-state index contributed by atoms with van der Waals surface area (Å²) < 4.78 is 11.6. The van der Waals surface area contributed by atoms with Crippen LogP contribution in [0.25, 0.3) is 21.9 Å². The maximum absolute atomic E-state index is 5.88. The van der Waals surface area contributed by atoms with Gasteiger partial charge in [-0.25, -0.2) is 0 Å². The number of hydrogen-bond acceptors (Lipinski definition) is 2. The second-order valence-electron chi connectivity index (χ2n) is 8.83. The Morgan fingerprint density at radius 3 is 1.80 bits per heavy atom. The van der Waals surface area contributed by atoms with Crippen molar-refractivity contribution in [2.24, 2.45) is 0 Å². The molecule has 0 aliphatic carbocycles. The maximum atomic E-state index is 5.88. The summed E-state index contributed by atoms with van der Waals surface area (Å²) in [5.74, 6) is 8.47. The van der Waals surface area contributed by atoms with Crippen LogP contribution >= 0.6 is 0 Å². The van der Waals surface area contributed by atoms with E-state index in [0.29, 0.717) is 0 Å². The van der Waals surface area contributed by atoms with Crippen molar-refractivity contribution in [3.8, 4) is 34.5 Å². The Morgan fingerprint density at radius 1 is 0.514 bits per heavy atom. The van der Waals surface area contributed by atoms with Gasteiger partial charge in [-0.3, -0.25) is 0 Å². The maximum Gasteiger partial charge on any atom is 0.119 e. The Kier molecular flexibility index (Phi) is 8.85. The molecule has 4 rings (SSSR count). The minimum atomic E-state index is 0.773. The first-order valence-electron chi connectivity index (χ1n) is 12.8. The summed E-state index contributed by atoms with van der Waals surface area (Å²) in [7, 11) is 0. The van der Waals surface area contributed by atoms with Crippen molar-refractivity contribution in [3.05, 3.63) is 96.1 Å².